The average molecular weight is 210 g/mol. The Kier molecular flexibility index (Phi) is 3.09. The molecule has 0 aliphatic carbocycles. The first-order valence-corrected chi connectivity index (χ1v) is 5.68. The number of benzene rings is 1. The predicted molar refractivity (Wildman–Crippen MR) is 60.9 cm³/mol. The number of nitrogens with one attached hydrogen (secondary N) is 1. The van der Waals surface area contributed by atoms with Gasteiger partial charge in [0.1, 0.15) is 0 Å². The Labute approximate surface area is 90.5 Å². The van der Waals surface area contributed by atoms with E-state index >= 15 is 0 Å². The van der Waals surface area contributed by atoms with Crippen LogP contribution >= 0.6 is 11.6 Å². The summed E-state index contributed by atoms with van der Waals surface area (Å²) in [6.07, 6.45) is 2.43. The van der Waals surface area contributed by atoms with Gasteiger partial charge in [-0.05, 0) is 37.1 Å². The summed E-state index contributed by atoms with van der Waals surface area (Å²) < 4.78 is 0. The molecule has 2 unspecified atom stereocenters. The van der Waals surface area contributed by atoms with Gasteiger partial charge in [-0.25, -0.2) is 0 Å². The monoisotopic (exact) mass is 209 g/mol. The Morgan fingerprint density at radius 3 is 3.07 bits per heavy atom. The molecule has 1 saturated heterocycles. The zero-order chi connectivity index (χ0) is 9.97. The van der Waals surface area contributed by atoms with Gasteiger partial charge in [0.05, 0.1) is 0 Å². The van der Waals surface area contributed by atoms with Gasteiger partial charge in [-0.3, -0.25) is 0 Å². The smallest absolute Gasteiger partial charge is 0.0408 e. The van der Waals surface area contributed by atoms with Crippen molar-refractivity contribution in [2.24, 2.45) is 0 Å². The van der Waals surface area contributed by atoms with Gasteiger partial charge in [0.25, 0.3) is 0 Å². The summed E-state index contributed by atoms with van der Waals surface area (Å²) in [5, 5.41) is 4.38. The van der Waals surface area contributed by atoms with Gasteiger partial charge in [0, 0.05) is 17.0 Å². The molecule has 1 fully saturated rings. The summed E-state index contributed by atoms with van der Waals surface area (Å²) in [5.41, 5.74) is 1.38. The fourth-order valence-corrected chi connectivity index (χ4v) is 2.53. The van der Waals surface area contributed by atoms with Crippen molar-refractivity contribution >= 4 is 11.6 Å². The lowest BCUT2D eigenvalue weighted by molar-refractivity contribution is 0.531. The van der Waals surface area contributed by atoms with Crippen molar-refractivity contribution < 1.29 is 0 Å². The third kappa shape index (κ3) is 1.94. The molecule has 1 aromatic rings. The van der Waals surface area contributed by atoms with E-state index in [1.807, 2.05) is 12.1 Å². The molecular weight excluding hydrogens is 194 g/mol. The Morgan fingerprint density at radius 2 is 2.36 bits per heavy atom. The summed E-state index contributed by atoms with van der Waals surface area (Å²) in [6, 6.07) is 8.90. The third-order valence-corrected chi connectivity index (χ3v) is 3.30. The maximum Gasteiger partial charge on any atom is 0.0408 e. The van der Waals surface area contributed by atoms with Crippen molar-refractivity contribution in [1.29, 1.82) is 0 Å². The minimum absolute atomic E-state index is 0.633. The van der Waals surface area contributed by atoms with Crippen molar-refractivity contribution in [1.82, 2.24) is 5.32 Å². The van der Waals surface area contributed by atoms with Gasteiger partial charge in [0.2, 0.25) is 0 Å². The Morgan fingerprint density at radius 1 is 1.50 bits per heavy atom. The molecule has 0 amide bonds. The molecule has 0 radical (unpaired) electrons. The van der Waals surface area contributed by atoms with Gasteiger partial charge in [-0.2, -0.15) is 0 Å². The molecule has 1 aromatic carbocycles. The molecule has 2 rings (SSSR count). The normalized spacial score (nSPS) is 26.7. The molecule has 0 bridgehead atoms. The van der Waals surface area contributed by atoms with E-state index in [1.54, 1.807) is 0 Å². The number of hydrogen-bond donors (Lipinski definition) is 1. The maximum absolute atomic E-state index is 5.99. The van der Waals surface area contributed by atoms with Crippen LogP contribution in [0, 0.1) is 0 Å². The topological polar surface area (TPSA) is 12.0 Å². The van der Waals surface area contributed by atoms with Crippen LogP contribution in [0.25, 0.3) is 0 Å². The second-order valence-electron chi connectivity index (χ2n) is 3.92. The molecule has 2 atom stereocenters. The van der Waals surface area contributed by atoms with Crippen molar-refractivity contribution in [2.45, 2.75) is 31.7 Å². The summed E-state index contributed by atoms with van der Waals surface area (Å²) in [6.45, 7) is 3.37. The minimum Gasteiger partial charge on any atom is -0.313 e. The highest BCUT2D eigenvalue weighted by Crippen LogP contribution is 2.30. The first-order chi connectivity index (χ1) is 6.81. The van der Waals surface area contributed by atoms with Crippen LogP contribution in [-0.4, -0.2) is 12.6 Å². The third-order valence-electron chi connectivity index (χ3n) is 3.06. The molecule has 1 N–H and O–H groups in total. The molecule has 1 aliphatic rings. The molecule has 2 heteroatoms. The Balaban J connectivity index is 2.21. The van der Waals surface area contributed by atoms with Crippen LogP contribution in [0.3, 0.4) is 0 Å². The second kappa shape index (κ2) is 4.33. The van der Waals surface area contributed by atoms with Crippen molar-refractivity contribution in [3.63, 3.8) is 0 Å². The van der Waals surface area contributed by atoms with E-state index in [0.717, 1.165) is 11.6 Å². The maximum atomic E-state index is 5.99. The largest absolute Gasteiger partial charge is 0.313 e. The standard InChI is InChI=1S/C12H16ClN/c1-2-12-11(6-7-14-12)9-4-3-5-10(13)8-9/h3-5,8,11-12,14H,2,6-7H2,1H3. The molecule has 76 valence electrons. The summed E-state index contributed by atoms with van der Waals surface area (Å²) >= 11 is 5.99. The average Bonchev–Trinajstić information content (AvgIpc) is 2.65. The summed E-state index contributed by atoms with van der Waals surface area (Å²) in [4.78, 5) is 0. The Hall–Kier alpha value is -0.530. The van der Waals surface area contributed by atoms with Crippen molar-refractivity contribution in [2.75, 3.05) is 6.54 Å². The lowest BCUT2D eigenvalue weighted by Crippen LogP contribution is -2.24. The number of halogens is 1. The van der Waals surface area contributed by atoms with E-state index in [9.17, 15) is 0 Å². The van der Waals surface area contributed by atoms with Crippen LogP contribution in [0.5, 0.6) is 0 Å². The highest BCUT2D eigenvalue weighted by Gasteiger charge is 2.26. The second-order valence-corrected chi connectivity index (χ2v) is 4.36. The molecule has 0 aromatic heterocycles. The predicted octanol–water partition coefficient (Wildman–Crippen LogP) is 3.20. The van der Waals surface area contributed by atoms with Crippen molar-refractivity contribution in [3.8, 4) is 0 Å². The lowest BCUT2D eigenvalue weighted by atomic mass is 9.91. The van der Waals surface area contributed by atoms with Crippen LogP contribution in [-0.2, 0) is 0 Å². The van der Waals surface area contributed by atoms with Crippen LogP contribution < -0.4 is 5.32 Å². The quantitative estimate of drug-likeness (QED) is 0.789. The molecule has 0 spiro atoms. The van der Waals surface area contributed by atoms with E-state index in [1.165, 1.54) is 18.4 Å². The number of rotatable bonds is 2. The molecule has 14 heavy (non-hydrogen) atoms. The minimum atomic E-state index is 0.633. The van der Waals surface area contributed by atoms with Gasteiger partial charge in [0.15, 0.2) is 0 Å². The Bertz CT molecular complexity index is 311. The molecule has 1 nitrogen and oxygen atoms in total. The van der Waals surface area contributed by atoms with Crippen molar-refractivity contribution in [3.05, 3.63) is 34.9 Å². The first kappa shape index (κ1) is 10.0. The summed E-state index contributed by atoms with van der Waals surface area (Å²) in [7, 11) is 0. The van der Waals surface area contributed by atoms with Crippen LogP contribution in [0.1, 0.15) is 31.2 Å². The summed E-state index contributed by atoms with van der Waals surface area (Å²) in [5.74, 6) is 0.652. The first-order valence-electron chi connectivity index (χ1n) is 5.30. The van der Waals surface area contributed by atoms with Gasteiger partial charge >= 0.3 is 0 Å². The lowest BCUT2D eigenvalue weighted by Gasteiger charge is -2.18. The molecule has 1 aliphatic heterocycles. The number of hydrogen-bond acceptors (Lipinski definition) is 1. The highest BCUT2D eigenvalue weighted by molar-refractivity contribution is 6.30. The van der Waals surface area contributed by atoms with Gasteiger partial charge in [-0.15, -0.1) is 0 Å². The fourth-order valence-electron chi connectivity index (χ4n) is 2.33. The van der Waals surface area contributed by atoms with Gasteiger partial charge < -0.3 is 5.32 Å². The fraction of sp³-hybridized carbons (Fsp3) is 0.500. The van der Waals surface area contributed by atoms with E-state index < -0.39 is 0 Å². The van der Waals surface area contributed by atoms with Crippen LogP contribution in [0.15, 0.2) is 24.3 Å². The van der Waals surface area contributed by atoms with Gasteiger partial charge in [-0.1, -0.05) is 30.7 Å². The van der Waals surface area contributed by atoms with Crippen LogP contribution in [0.2, 0.25) is 5.02 Å². The zero-order valence-corrected chi connectivity index (χ0v) is 9.22. The van der Waals surface area contributed by atoms with E-state index in [2.05, 4.69) is 24.4 Å². The van der Waals surface area contributed by atoms with Crippen LogP contribution in [0.4, 0.5) is 0 Å². The zero-order valence-electron chi connectivity index (χ0n) is 8.46. The molecule has 1 heterocycles. The molecule has 0 saturated carbocycles. The van der Waals surface area contributed by atoms with E-state index in [4.69, 9.17) is 11.6 Å². The molecular formula is C12H16ClN. The SMILES string of the molecule is CCC1NCCC1c1cccc(Cl)c1. The highest BCUT2D eigenvalue weighted by atomic mass is 35.5. The van der Waals surface area contributed by atoms with E-state index in [0.29, 0.717) is 12.0 Å². The van der Waals surface area contributed by atoms with E-state index in [-0.39, 0.29) is 0 Å².